The topological polar surface area (TPSA) is 38.5 Å². The van der Waals surface area contributed by atoms with Crippen LogP contribution in [0.1, 0.15) is 18.9 Å². The second-order valence-corrected chi connectivity index (χ2v) is 4.48. The number of hydrogen-bond acceptors (Lipinski definition) is 3. The van der Waals surface area contributed by atoms with E-state index >= 15 is 0 Å². The van der Waals surface area contributed by atoms with Gasteiger partial charge in [-0.1, -0.05) is 0 Å². The third-order valence-electron chi connectivity index (χ3n) is 3.20. The maximum absolute atomic E-state index is 5.81. The predicted molar refractivity (Wildman–Crippen MR) is 67.9 cm³/mol. The van der Waals surface area contributed by atoms with Gasteiger partial charge in [-0.25, -0.2) is 0 Å². The van der Waals surface area contributed by atoms with Crippen molar-refractivity contribution in [2.24, 2.45) is 0 Å². The third kappa shape index (κ3) is 2.30. The number of rotatable bonds is 3. The Morgan fingerprint density at radius 2 is 2.31 bits per heavy atom. The Labute approximate surface area is 97.2 Å². The number of fused-ring (bicyclic) bond motifs is 1. The lowest BCUT2D eigenvalue weighted by molar-refractivity contribution is 0.123. The first-order chi connectivity index (χ1) is 7.70. The smallest absolute Gasteiger partial charge is 0.0718 e. The first-order valence-corrected chi connectivity index (χ1v) is 5.87. The van der Waals surface area contributed by atoms with Gasteiger partial charge in [0.15, 0.2) is 0 Å². The monoisotopic (exact) mass is 220 g/mol. The normalized spacial score (nSPS) is 17.0. The van der Waals surface area contributed by atoms with E-state index < -0.39 is 0 Å². The highest BCUT2D eigenvalue weighted by Crippen LogP contribution is 2.28. The molecule has 0 bridgehead atoms. The first-order valence-electron chi connectivity index (χ1n) is 5.87. The van der Waals surface area contributed by atoms with E-state index in [0.29, 0.717) is 0 Å². The van der Waals surface area contributed by atoms with Gasteiger partial charge in [0.2, 0.25) is 0 Å². The summed E-state index contributed by atoms with van der Waals surface area (Å²) in [5.74, 6) is 0. The number of nitrogens with two attached hydrogens (primary N) is 1. The number of hydrogen-bond donors (Lipinski definition) is 1. The van der Waals surface area contributed by atoms with Gasteiger partial charge < -0.3 is 15.4 Å². The molecule has 0 spiro atoms. The Morgan fingerprint density at radius 3 is 3.06 bits per heavy atom. The molecule has 0 amide bonds. The van der Waals surface area contributed by atoms with Gasteiger partial charge in [0.1, 0.15) is 0 Å². The molecule has 0 saturated carbocycles. The van der Waals surface area contributed by atoms with E-state index in [0.717, 1.165) is 25.2 Å². The summed E-state index contributed by atoms with van der Waals surface area (Å²) in [6.45, 7) is 4.17. The zero-order valence-electron chi connectivity index (χ0n) is 10.1. The highest BCUT2D eigenvalue weighted by molar-refractivity contribution is 5.61. The second-order valence-electron chi connectivity index (χ2n) is 4.48. The van der Waals surface area contributed by atoms with Crippen LogP contribution in [0.3, 0.4) is 0 Å². The van der Waals surface area contributed by atoms with Crippen LogP contribution in [0.5, 0.6) is 0 Å². The largest absolute Gasteiger partial charge is 0.399 e. The SMILES string of the molecule is COC(C)CN1CCCc2cc(N)ccc21. The first kappa shape index (κ1) is 11.3. The summed E-state index contributed by atoms with van der Waals surface area (Å²) in [5, 5.41) is 0. The number of aryl methyl sites for hydroxylation is 1. The molecule has 1 atom stereocenters. The predicted octanol–water partition coefficient (Wildman–Crippen LogP) is 2.06. The van der Waals surface area contributed by atoms with Crippen LogP contribution in [-0.2, 0) is 11.2 Å². The maximum atomic E-state index is 5.81. The molecule has 3 heteroatoms. The molecule has 0 radical (unpaired) electrons. The van der Waals surface area contributed by atoms with Crippen LogP contribution in [0.4, 0.5) is 11.4 Å². The quantitative estimate of drug-likeness (QED) is 0.792. The molecular weight excluding hydrogens is 200 g/mol. The molecule has 88 valence electrons. The average molecular weight is 220 g/mol. The molecular formula is C13H20N2O. The van der Waals surface area contributed by atoms with Crippen LogP contribution >= 0.6 is 0 Å². The van der Waals surface area contributed by atoms with Crippen LogP contribution < -0.4 is 10.6 Å². The van der Waals surface area contributed by atoms with Crippen LogP contribution in [-0.4, -0.2) is 26.3 Å². The lowest BCUT2D eigenvalue weighted by Gasteiger charge is -2.33. The average Bonchev–Trinajstić information content (AvgIpc) is 2.28. The zero-order valence-corrected chi connectivity index (χ0v) is 10.1. The van der Waals surface area contributed by atoms with Crippen molar-refractivity contribution in [1.29, 1.82) is 0 Å². The fourth-order valence-corrected chi connectivity index (χ4v) is 2.27. The molecule has 0 aliphatic carbocycles. The Hall–Kier alpha value is -1.22. The van der Waals surface area contributed by atoms with Gasteiger partial charge in [0.05, 0.1) is 6.10 Å². The summed E-state index contributed by atoms with van der Waals surface area (Å²) in [6, 6.07) is 6.21. The van der Waals surface area contributed by atoms with E-state index in [4.69, 9.17) is 10.5 Å². The Kier molecular flexibility index (Phi) is 3.34. The molecule has 3 nitrogen and oxygen atoms in total. The summed E-state index contributed by atoms with van der Waals surface area (Å²) in [5.41, 5.74) is 9.37. The molecule has 1 aliphatic heterocycles. The maximum Gasteiger partial charge on any atom is 0.0718 e. The highest BCUT2D eigenvalue weighted by atomic mass is 16.5. The van der Waals surface area contributed by atoms with E-state index in [9.17, 15) is 0 Å². The van der Waals surface area contributed by atoms with Crippen LogP contribution in [0.25, 0.3) is 0 Å². The van der Waals surface area contributed by atoms with E-state index in [2.05, 4.69) is 24.0 Å². The number of methoxy groups -OCH3 is 1. The summed E-state index contributed by atoms with van der Waals surface area (Å²) in [4.78, 5) is 2.40. The van der Waals surface area contributed by atoms with Gasteiger partial charge in [-0.3, -0.25) is 0 Å². The summed E-state index contributed by atoms with van der Waals surface area (Å²) < 4.78 is 5.33. The Balaban J connectivity index is 2.19. The van der Waals surface area contributed by atoms with E-state index in [1.807, 2.05) is 6.07 Å². The van der Waals surface area contributed by atoms with Crippen molar-refractivity contribution < 1.29 is 4.74 Å². The van der Waals surface area contributed by atoms with Crippen molar-refractivity contribution in [2.75, 3.05) is 30.8 Å². The van der Waals surface area contributed by atoms with Crippen molar-refractivity contribution in [2.45, 2.75) is 25.9 Å². The molecule has 1 heterocycles. The van der Waals surface area contributed by atoms with E-state index in [-0.39, 0.29) is 6.10 Å². The standard InChI is InChI=1S/C13H20N2O/c1-10(16-2)9-15-7-3-4-11-8-12(14)5-6-13(11)15/h5-6,8,10H,3-4,7,9,14H2,1-2H3. The van der Waals surface area contributed by atoms with Crippen molar-refractivity contribution in [3.8, 4) is 0 Å². The van der Waals surface area contributed by atoms with Gasteiger partial charge in [0.25, 0.3) is 0 Å². The van der Waals surface area contributed by atoms with Gasteiger partial charge >= 0.3 is 0 Å². The van der Waals surface area contributed by atoms with E-state index in [1.54, 1.807) is 7.11 Å². The molecule has 0 aromatic heterocycles. The highest BCUT2D eigenvalue weighted by Gasteiger charge is 2.18. The van der Waals surface area contributed by atoms with E-state index in [1.165, 1.54) is 17.7 Å². The van der Waals surface area contributed by atoms with Crippen LogP contribution in [0.2, 0.25) is 0 Å². The fraction of sp³-hybridized carbons (Fsp3) is 0.538. The van der Waals surface area contributed by atoms with Crippen molar-refractivity contribution in [1.82, 2.24) is 0 Å². The number of nitrogen functional groups attached to an aromatic ring is 1. The molecule has 1 aliphatic rings. The minimum atomic E-state index is 0.267. The van der Waals surface area contributed by atoms with Crippen LogP contribution in [0, 0.1) is 0 Å². The molecule has 0 fully saturated rings. The number of benzene rings is 1. The number of ether oxygens (including phenoxy) is 1. The minimum absolute atomic E-state index is 0.267. The summed E-state index contributed by atoms with van der Waals surface area (Å²) >= 11 is 0. The molecule has 2 rings (SSSR count). The molecule has 1 unspecified atom stereocenters. The molecule has 1 aromatic rings. The number of nitrogens with zero attached hydrogens (tertiary/aromatic N) is 1. The van der Waals surface area contributed by atoms with Gasteiger partial charge in [-0.05, 0) is 43.5 Å². The van der Waals surface area contributed by atoms with Gasteiger partial charge in [0, 0.05) is 31.6 Å². The van der Waals surface area contributed by atoms with Crippen molar-refractivity contribution in [3.63, 3.8) is 0 Å². The van der Waals surface area contributed by atoms with Crippen LogP contribution in [0.15, 0.2) is 18.2 Å². The Morgan fingerprint density at radius 1 is 1.50 bits per heavy atom. The number of anilines is 2. The molecule has 1 aromatic carbocycles. The molecule has 0 saturated heterocycles. The molecule has 16 heavy (non-hydrogen) atoms. The summed E-state index contributed by atoms with van der Waals surface area (Å²) in [6.07, 6.45) is 2.61. The molecule has 2 N–H and O–H groups in total. The van der Waals surface area contributed by atoms with Crippen molar-refractivity contribution >= 4 is 11.4 Å². The third-order valence-corrected chi connectivity index (χ3v) is 3.20. The Bertz CT molecular complexity index is 365. The second kappa shape index (κ2) is 4.74. The lowest BCUT2D eigenvalue weighted by atomic mass is 10.0. The minimum Gasteiger partial charge on any atom is -0.399 e. The van der Waals surface area contributed by atoms with Crippen molar-refractivity contribution in [3.05, 3.63) is 23.8 Å². The lowest BCUT2D eigenvalue weighted by Crippen LogP contribution is -2.35. The summed E-state index contributed by atoms with van der Waals surface area (Å²) in [7, 11) is 1.76. The zero-order chi connectivity index (χ0) is 11.5. The van der Waals surface area contributed by atoms with Gasteiger partial charge in [-0.2, -0.15) is 0 Å². The van der Waals surface area contributed by atoms with Gasteiger partial charge in [-0.15, -0.1) is 0 Å². The fourth-order valence-electron chi connectivity index (χ4n) is 2.27.